The molecule has 1 saturated heterocycles. The Morgan fingerprint density at radius 3 is 3.21 bits per heavy atom. The monoisotopic (exact) mass is 260 g/mol. The molecule has 0 aromatic heterocycles. The first-order valence-corrected chi connectivity index (χ1v) is 7.47. The van der Waals surface area contributed by atoms with Gasteiger partial charge in [0, 0.05) is 38.5 Å². The van der Waals surface area contributed by atoms with Crippen molar-refractivity contribution in [2.45, 2.75) is 25.9 Å². The largest absolute Gasteiger partial charge is 0.384 e. The smallest absolute Gasteiger partial charge is 0.0673 e. The van der Waals surface area contributed by atoms with E-state index in [1.54, 1.807) is 0 Å². The molecule has 2 aliphatic heterocycles. The van der Waals surface area contributed by atoms with Crippen LogP contribution in [-0.4, -0.2) is 43.8 Å². The second kappa shape index (κ2) is 5.93. The standard InChI is InChI=1S/C16H24N2O/c1-13-11-18(7-4-8-19-13)12-14-9-15-5-2-3-6-16(15)17-10-14/h2-3,5-6,13-14,17H,4,7-12H2,1H3. The normalized spacial score (nSPS) is 28.3. The number of hydrogen-bond acceptors (Lipinski definition) is 3. The van der Waals surface area contributed by atoms with E-state index in [2.05, 4.69) is 41.4 Å². The Hall–Kier alpha value is -1.06. The van der Waals surface area contributed by atoms with Gasteiger partial charge in [-0.15, -0.1) is 0 Å². The zero-order chi connectivity index (χ0) is 13.1. The van der Waals surface area contributed by atoms with Gasteiger partial charge in [-0.25, -0.2) is 0 Å². The van der Waals surface area contributed by atoms with Crippen molar-refractivity contribution in [1.82, 2.24) is 4.90 Å². The van der Waals surface area contributed by atoms with Gasteiger partial charge in [-0.3, -0.25) is 0 Å². The number of rotatable bonds is 2. The molecular weight excluding hydrogens is 236 g/mol. The summed E-state index contributed by atoms with van der Waals surface area (Å²) in [6, 6.07) is 8.70. The lowest BCUT2D eigenvalue weighted by atomic mass is 9.93. The third-order valence-electron chi connectivity index (χ3n) is 4.16. The number of anilines is 1. The summed E-state index contributed by atoms with van der Waals surface area (Å²) in [5.41, 5.74) is 2.80. The molecular formula is C16H24N2O. The molecule has 3 heteroatoms. The molecule has 1 aromatic carbocycles. The van der Waals surface area contributed by atoms with Crippen molar-refractivity contribution in [2.24, 2.45) is 5.92 Å². The van der Waals surface area contributed by atoms with Crippen molar-refractivity contribution in [3.8, 4) is 0 Å². The van der Waals surface area contributed by atoms with E-state index in [4.69, 9.17) is 4.74 Å². The fourth-order valence-electron chi connectivity index (χ4n) is 3.25. The Labute approximate surface area is 115 Å². The third kappa shape index (κ3) is 3.28. The molecule has 0 aliphatic carbocycles. The summed E-state index contributed by atoms with van der Waals surface area (Å²) in [6.45, 7) is 7.66. The lowest BCUT2D eigenvalue weighted by Gasteiger charge is -2.31. The van der Waals surface area contributed by atoms with Gasteiger partial charge in [-0.1, -0.05) is 18.2 Å². The Morgan fingerprint density at radius 1 is 1.37 bits per heavy atom. The second-order valence-corrected chi connectivity index (χ2v) is 5.90. The molecule has 104 valence electrons. The number of para-hydroxylation sites is 1. The average molecular weight is 260 g/mol. The fraction of sp³-hybridized carbons (Fsp3) is 0.625. The summed E-state index contributed by atoms with van der Waals surface area (Å²) >= 11 is 0. The zero-order valence-corrected chi connectivity index (χ0v) is 11.8. The predicted octanol–water partition coefficient (Wildman–Crippen LogP) is 2.38. The van der Waals surface area contributed by atoms with Crippen LogP contribution in [0.3, 0.4) is 0 Å². The first kappa shape index (κ1) is 12.9. The maximum Gasteiger partial charge on any atom is 0.0673 e. The summed E-state index contributed by atoms with van der Waals surface area (Å²) < 4.78 is 5.72. The first-order valence-electron chi connectivity index (χ1n) is 7.47. The molecule has 1 fully saturated rings. The van der Waals surface area contributed by atoms with E-state index in [0.29, 0.717) is 6.10 Å². The van der Waals surface area contributed by atoms with Crippen LogP contribution >= 0.6 is 0 Å². The molecule has 2 atom stereocenters. The average Bonchev–Trinajstić information content (AvgIpc) is 2.63. The van der Waals surface area contributed by atoms with Gasteiger partial charge < -0.3 is 15.0 Å². The van der Waals surface area contributed by atoms with Gasteiger partial charge in [-0.2, -0.15) is 0 Å². The highest BCUT2D eigenvalue weighted by molar-refractivity contribution is 5.53. The van der Waals surface area contributed by atoms with Crippen LogP contribution in [0.5, 0.6) is 0 Å². The number of benzene rings is 1. The van der Waals surface area contributed by atoms with E-state index in [0.717, 1.165) is 25.6 Å². The summed E-state index contributed by atoms with van der Waals surface area (Å²) in [7, 11) is 0. The van der Waals surface area contributed by atoms with Crippen molar-refractivity contribution < 1.29 is 4.74 Å². The highest BCUT2D eigenvalue weighted by Crippen LogP contribution is 2.25. The van der Waals surface area contributed by atoms with E-state index in [-0.39, 0.29) is 0 Å². The van der Waals surface area contributed by atoms with E-state index >= 15 is 0 Å². The number of hydrogen-bond donors (Lipinski definition) is 1. The maximum absolute atomic E-state index is 5.72. The van der Waals surface area contributed by atoms with Crippen molar-refractivity contribution in [1.29, 1.82) is 0 Å². The molecule has 3 nitrogen and oxygen atoms in total. The van der Waals surface area contributed by atoms with Gasteiger partial charge in [0.05, 0.1) is 6.10 Å². The van der Waals surface area contributed by atoms with Crippen LogP contribution in [0.4, 0.5) is 5.69 Å². The van der Waals surface area contributed by atoms with Crippen LogP contribution in [0.2, 0.25) is 0 Å². The molecule has 1 N–H and O–H groups in total. The van der Waals surface area contributed by atoms with Gasteiger partial charge >= 0.3 is 0 Å². The second-order valence-electron chi connectivity index (χ2n) is 5.90. The quantitative estimate of drug-likeness (QED) is 0.883. The lowest BCUT2D eigenvalue weighted by molar-refractivity contribution is 0.0657. The highest BCUT2D eigenvalue weighted by Gasteiger charge is 2.22. The van der Waals surface area contributed by atoms with Gasteiger partial charge in [-0.05, 0) is 37.3 Å². The van der Waals surface area contributed by atoms with Gasteiger partial charge in [0.2, 0.25) is 0 Å². The summed E-state index contributed by atoms with van der Waals surface area (Å²) in [4.78, 5) is 2.58. The van der Waals surface area contributed by atoms with Crippen LogP contribution in [0.25, 0.3) is 0 Å². The Bertz CT molecular complexity index is 421. The van der Waals surface area contributed by atoms with Crippen LogP contribution < -0.4 is 5.32 Å². The molecule has 3 rings (SSSR count). The molecule has 1 aromatic rings. The number of fused-ring (bicyclic) bond motifs is 1. The maximum atomic E-state index is 5.72. The lowest BCUT2D eigenvalue weighted by Crippen LogP contribution is -2.38. The summed E-state index contributed by atoms with van der Waals surface area (Å²) in [5.74, 6) is 0.722. The van der Waals surface area contributed by atoms with Crippen LogP contribution in [0.15, 0.2) is 24.3 Å². The van der Waals surface area contributed by atoms with Crippen LogP contribution in [0.1, 0.15) is 18.9 Å². The molecule has 2 heterocycles. The zero-order valence-electron chi connectivity index (χ0n) is 11.8. The Balaban J connectivity index is 1.59. The molecule has 2 aliphatic rings. The Kier molecular flexibility index (Phi) is 4.04. The highest BCUT2D eigenvalue weighted by atomic mass is 16.5. The minimum Gasteiger partial charge on any atom is -0.384 e. The molecule has 0 bridgehead atoms. The first-order chi connectivity index (χ1) is 9.31. The molecule has 2 unspecified atom stereocenters. The number of nitrogens with one attached hydrogen (secondary N) is 1. The molecule has 0 saturated carbocycles. The minimum atomic E-state index is 0.381. The minimum absolute atomic E-state index is 0.381. The fourth-order valence-corrected chi connectivity index (χ4v) is 3.25. The number of nitrogens with zero attached hydrogens (tertiary/aromatic N) is 1. The van der Waals surface area contributed by atoms with Crippen molar-refractivity contribution in [3.05, 3.63) is 29.8 Å². The summed E-state index contributed by atoms with van der Waals surface area (Å²) in [6.07, 6.45) is 2.75. The number of ether oxygens (including phenoxy) is 1. The SMILES string of the molecule is CC1CN(CC2CNc3ccccc3C2)CCCO1. The summed E-state index contributed by atoms with van der Waals surface area (Å²) in [5, 5.41) is 3.57. The van der Waals surface area contributed by atoms with Crippen LogP contribution in [0, 0.1) is 5.92 Å². The van der Waals surface area contributed by atoms with Crippen LogP contribution in [-0.2, 0) is 11.2 Å². The Morgan fingerprint density at radius 2 is 2.26 bits per heavy atom. The van der Waals surface area contributed by atoms with E-state index in [1.807, 2.05) is 0 Å². The van der Waals surface area contributed by atoms with Crippen molar-refractivity contribution in [3.63, 3.8) is 0 Å². The van der Waals surface area contributed by atoms with Gasteiger partial charge in [0.25, 0.3) is 0 Å². The van der Waals surface area contributed by atoms with Gasteiger partial charge in [0.1, 0.15) is 0 Å². The van der Waals surface area contributed by atoms with E-state index < -0.39 is 0 Å². The van der Waals surface area contributed by atoms with E-state index in [9.17, 15) is 0 Å². The molecule has 0 radical (unpaired) electrons. The van der Waals surface area contributed by atoms with Crippen molar-refractivity contribution in [2.75, 3.05) is 38.1 Å². The predicted molar refractivity (Wildman–Crippen MR) is 78.6 cm³/mol. The molecule has 0 amide bonds. The molecule has 19 heavy (non-hydrogen) atoms. The van der Waals surface area contributed by atoms with E-state index in [1.165, 1.54) is 37.2 Å². The third-order valence-corrected chi connectivity index (χ3v) is 4.16. The van der Waals surface area contributed by atoms with Crippen molar-refractivity contribution >= 4 is 5.69 Å². The molecule has 0 spiro atoms. The topological polar surface area (TPSA) is 24.5 Å². The van der Waals surface area contributed by atoms with Gasteiger partial charge in [0.15, 0.2) is 0 Å².